The van der Waals surface area contributed by atoms with Crippen LogP contribution in [0, 0.1) is 26.2 Å². The molecule has 2 N–H and O–H groups in total. The van der Waals surface area contributed by atoms with Gasteiger partial charge in [-0.05, 0) is 183 Å². The number of aryl methyl sites for hydroxylation is 2. The van der Waals surface area contributed by atoms with E-state index >= 15 is 0 Å². The summed E-state index contributed by atoms with van der Waals surface area (Å²) in [5, 5.41) is 0. The van der Waals surface area contributed by atoms with E-state index < -0.39 is 0 Å². The Balaban J connectivity index is 1.34. The van der Waals surface area contributed by atoms with Crippen LogP contribution in [0.5, 0.6) is 0 Å². The number of allylic oxidation sites excluding steroid dienone is 9. The smallest absolute Gasteiger partial charge is 0.0607 e. The molecule has 1 heterocycles. The highest BCUT2D eigenvalue weighted by Gasteiger charge is 2.44. The molecule has 0 fully saturated rings. The van der Waals surface area contributed by atoms with Crippen molar-refractivity contribution in [3.8, 4) is 22.3 Å². The first-order valence-electron chi connectivity index (χ1n) is 23.9. The molecule has 6 aliphatic rings. The Bertz CT molecular complexity index is 3090. The van der Waals surface area contributed by atoms with Crippen LogP contribution in [-0.4, -0.2) is 0 Å². The normalized spacial score (nSPS) is 20.5. The third-order valence-electron chi connectivity index (χ3n) is 16.8. The van der Waals surface area contributed by atoms with E-state index in [0.717, 1.165) is 48.4 Å². The van der Waals surface area contributed by atoms with Gasteiger partial charge in [0.2, 0.25) is 0 Å². The van der Waals surface area contributed by atoms with Crippen molar-refractivity contribution in [1.29, 1.82) is 0 Å². The van der Waals surface area contributed by atoms with Crippen LogP contribution in [0.15, 0.2) is 130 Å². The summed E-state index contributed by atoms with van der Waals surface area (Å²) >= 11 is 5.78. The summed E-state index contributed by atoms with van der Waals surface area (Å²) in [5.41, 5.74) is 37.2. The number of nitrogens with zero attached hydrogens (tertiary/aromatic N) is 1. The number of hydrogen-bond donors (Lipinski definition) is 2. The van der Waals surface area contributed by atoms with Crippen molar-refractivity contribution in [3.63, 3.8) is 0 Å². The molecule has 0 saturated heterocycles. The van der Waals surface area contributed by atoms with Crippen molar-refractivity contribution in [2.75, 3.05) is 4.90 Å². The van der Waals surface area contributed by atoms with Gasteiger partial charge in [0.15, 0.2) is 0 Å². The van der Waals surface area contributed by atoms with Crippen LogP contribution < -0.4 is 10.6 Å². The second-order valence-corrected chi connectivity index (χ2v) is 22.7. The number of thiol groups is 1. The van der Waals surface area contributed by atoms with Gasteiger partial charge >= 0.3 is 0 Å². The van der Waals surface area contributed by atoms with Crippen LogP contribution >= 0.6 is 12.6 Å². The lowest BCUT2D eigenvalue weighted by Crippen LogP contribution is -2.34. The third-order valence-corrected chi connectivity index (χ3v) is 17.3. The zero-order chi connectivity index (χ0) is 45.0. The van der Waals surface area contributed by atoms with Crippen molar-refractivity contribution < 1.29 is 0 Å². The summed E-state index contributed by atoms with van der Waals surface area (Å²) in [4.78, 5) is 3.67. The number of hydrogen-bond acceptors (Lipinski definition) is 3. The quantitative estimate of drug-likeness (QED) is 0.177. The Labute approximate surface area is 388 Å². The Kier molecular flexibility index (Phi) is 8.99. The molecule has 0 unspecified atom stereocenters. The minimum Gasteiger partial charge on any atom is -0.401 e. The van der Waals surface area contributed by atoms with Crippen LogP contribution in [0.1, 0.15) is 144 Å². The van der Waals surface area contributed by atoms with Gasteiger partial charge in [0.25, 0.3) is 0 Å². The maximum Gasteiger partial charge on any atom is 0.0607 e. The fourth-order valence-corrected chi connectivity index (χ4v) is 13.3. The van der Waals surface area contributed by atoms with Gasteiger partial charge in [0, 0.05) is 43.8 Å². The minimum absolute atomic E-state index is 0.0302. The molecule has 5 aromatic carbocycles. The fourth-order valence-electron chi connectivity index (χ4n) is 12.9. The van der Waals surface area contributed by atoms with Gasteiger partial charge in [-0.25, -0.2) is 0 Å². The Morgan fingerprint density at radius 3 is 1.95 bits per heavy atom. The summed E-state index contributed by atoms with van der Waals surface area (Å²) in [6.45, 7) is 26.3. The van der Waals surface area contributed by atoms with Crippen molar-refractivity contribution in [2.24, 2.45) is 11.1 Å². The van der Waals surface area contributed by atoms with Crippen LogP contribution in [0.2, 0.25) is 0 Å². The molecule has 0 amide bonds. The van der Waals surface area contributed by atoms with E-state index in [2.05, 4.69) is 178 Å². The third kappa shape index (κ3) is 5.65. The van der Waals surface area contributed by atoms with Gasteiger partial charge < -0.3 is 10.6 Å². The molecule has 5 aliphatic carbocycles. The summed E-state index contributed by atoms with van der Waals surface area (Å²) < 4.78 is 0. The van der Waals surface area contributed by atoms with Gasteiger partial charge in [-0.3, -0.25) is 0 Å². The van der Waals surface area contributed by atoms with E-state index in [0.29, 0.717) is 0 Å². The van der Waals surface area contributed by atoms with Crippen LogP contribution in [-0.2, 0) is 16.2 Å². The second kappa shape index (κ2) is 13.9. The maximum absolute atomic E-state index is 7.56. The van der Waals surface area contributed by atoms with Crippen LogP contribution in [0.3, 0.4) is 0 Å². The van der Waals surface area contributed by atoms with E-state index in [9.17, 15) is 0 Å². The van der Waals surface area contributed by atoms with Crippen molar-refractivity contribution in [3.05, 3.63) is 175 Å². The minimum atomic E-state index is -0.252. The van der Waals surface area contributed by atoms with E-state index in [1.54, 1.807) is 0 Å². The molecule has 0 spiro atoms. The van der Waals surface area contributed by atoms with Crippen molar-refractivity contribution >= 4 is 40.8 Å². The average molecular weight is 857 g/mol. The zero-order valence-corrected chi connectivity index (χ0v) is 40.8. The Hall–Kier alpha value is -5.25. The van der Waals surface area contributed by atoms with E-state index in [1.165, 1.54) is 124 Å². The number of nitrogens with two attached hydrogens (primary N) is 1. The molecular formula is C61H64N2S. The highest BCUT2D eigenvalue weighted by Crippen LogP contribution is 2.62. The SMILES string of the molecule is Cc1ccccc1-c1cc2c(S)c(c1C)C1=CCCC(C3=C(N)C(C)(C)C4=C3CCC=C4)=C1c1cc3c(cc1N2c1cc2c(cc1C)C(C)(C)CCC2(C)C)-c1ccccc1C3(C)C. The van der Waals surface area contributed by atoms with Crippen LogP contribution in [0.4, 0.5) is 17.1 Å². The van der Waals surface area contributed by atoms with E-state index in [4.69, 9.17) is 18.4 Å². The molecule has 0 atom stereocenters. The largest absolute Gasteiger partial charge is 0.401 e. The highest BCUT2D eigenvalue weighted by molar-refractivity contribution is 7.80. The molecule has 5 aromatic rings. The molecule has 0 saturated carbocycles. The molecular weight excluding hydrogens is 793 g/mol. The molecule has 0 aromatic heterocycles. The molecule has 1 aliphatic heterocycles. The van der Waals surface area contributed by atoms with Crippen molar-refractivity contribution in [1.82, 2.24) is 0 Å². The topological polar surface area (TPSA) is 29.3 Å². The van der Waals surface area contributed by atoms with Crippen LogP contribution in [0.25, 0.3) is 33.4 Å². The average Bonchev–Trinajstić information content (AvgIpc) is 3.61. The predicted molar refractivity (Wildman–Crippen MR) is 275 cm³/mol. The number of anilines is 3. The Morgan fingerprint density at radius 2 is 1.22 bits per heavy atom. The molecule has 64 heavy (non-hydrogen) atoms. The summed E-state index contributed by atoms with van der Waals surface area (Å²) in [6, 6.07) is 30.8. The molecule has 0 radical (unpaired) electrons. The van der Waals surface area contributed by atoms with Gasteiger partial charge in [0.05, 0.1) is 11.4 Å². The molecule has 11 rings (SSSR count). The summed E-state index contributed by atoms with van der Waals surface area (Å²) in [5.74, 6) is 0. The van der Waals surface area contributed by atoms with Gasteiger partial charge in [-0.2, -0.15) is 0 Å². The first-order valence-corrected chi connectivity index (χ1v) is 24.3. The summed E-state index contributed by atoms with van der Waals surface area (Å²) in [6.07, 6.45) is 13.5. The standard InChI is InChI=1S/C61H64N2S/c1-34-19-12-13-20-37(34)42-31-52-56(64)53(36(42)3)40-23-18-24-41(55-39-22-15-17-26-46(39)61(10,11)57(55)62)54(40)44-30-47-43(38-21-14-16-25-45(38)60(47,8)9)32-51(44)63(52)50-33-49-48(29-35(50)2)58(4,5)27-28-59(49,6)7/h12-14,16-17,19-21,23,25-26,29-33,64H,15,18,22,24,27-28,62H2,1-11H3. The number of fused-ring (bicyclic) bond motifs is 10. The summed E-state index contributed by atoms with van der Waals surface area (Å²) in [7, 11) is 0. The predicted octanol–water partition coefficient (Wildman–Crippen LogP) is 16.5. The van der Waals surface area contributed by atoms with Crippen molar-refractivity contribution in [2.45, 2.75) is 136 Å². The number of rotatable bonds is 3. The highest BCUT2D eigenvalue weighted by atomic mass is 32.1. The van der Waals surface area contributed by atoms with Gasteiger partial charge in [0.1, 0.15) is 0 Å². The molecule has 324 valence electrons. The molecule has 2 nitrogen and oxygen atoms in total. The first kappa shape index (κ1) is 41.5. The lowest BCUT2D eigenvalue weighted by atomic mass is 9.63. The second-order valence-electron chi connectivity index (χ2n) is 22.2. The number of benzene rings is 5. The lowest BCUT2D eigenvalue weighted by molar-refractivity contribution is 0.332. The molecule has 3 heteroatoms. The molecule has 2 bridgehead atoms. The fraction of sp³-hybridized carbons (Fsp3) is 0.344. The zero-order valence-electron chi connectivity index (χ0n) is 40.0. The monoisotopic (exact) mass is 856 g/mol. The van der Waals surface area contributed by atoms with E-state index in [-0.39, 0.29) is 21.7 Å². The van der Waals surface area contributed by atoms with E-state index in [1.807, 2.05) is 0 Å². The van der Waals surface area contributed by atoms with Gasteiger partial charge in [-0.1, -0.05) is 128 Å². The maximum atomic E-state index is 7.56. The van der Waals surface area contributed by atoms with Gasteiger partial charge in [-0.15, -0.1) is 12.6 Å². The first-order chi connectivity index (χ1) is 30.3. The Morgan fingerprint density at radius 1 is 0.562 bits per heavy atom. The lowest BCUT2D eigenvalue weighted by Gasteiger charge is -2.44.